The van der Waals surface area contributed by atoms with Gasteiger partial charge in [-0.3, -0.25) is 0 Å². The van der Waals surface area contributed by atoms with Crippen molar-refractivity contribution in [2.45, 2.75) is 0 Å². The van der Waals surface area contributed by atoms with Crippen LogP contribution in [0.2, 0.25) is 0 Å². The summed E-state index contributed by atoms with van der Waals surface area (Å²) in [6.45, 7) is 0. The molecule has 64 valence electrons. The maximum absolute atomic E-state index is 9.07. The molecule has 1 aromatic heterocycles. The molecule has 1 N–H and O–H groups in total. The summed E-state index contributed by atoms with van der Waals surface area (Å²) in [6, 6.07) is 6.94. The van der Waals surface area contributed by atoms with Crippen LogP contribution in [0.1, 0.15) is 0 Å². The smallest absolute Gasteiger partial charge is 0.115 e. The van der Waals surface area contributed by atoms with Gasteiger partial charge in [0, 0.05) is 18.0 Å². The van der Waals surface area contributed by atoms with Crippen LogP contribution in [-0.2, 0) is 0 Å². The van der Waals surface area contributed by atoms with E-state index in [0.29, 0.717) is 0 Å². The van der Waals surface area contributed by atoms with E-state index in [2.05, 4.69) is 9.97 Å². The number of aromatic hydroxyl groups is 1. The molecule has 0 saturated carbocycles. The Bertz CT molecular complexity index is 383. The molecule has 0 aliphatic carbocycles. The summed E-state index contributed by atoms with van der Waals surface area (Å²) in [5.41, 5.74) is 1.95. The number of phenolic OH excluding ortho intramolecular Hbond substituents is 1. The zero-order valence-electron chi connectivity index (χ0n) is 6.88. The summed E-state index contributed by atoms with van der Waals surface area (Å²) in [5, 5.41) is 9.07. The van der Waals surface area contributed by atoms with Gasteiger partial charge in [-0.1, -0.05) is 12.1 Å². The van der Waals surface area contributed by atoms with Crippen molar-refractivity contribution in [2.24, 2.45) is 0 Å². The van der Waals surface area contributed by atoms with E-state index in [1.807, 2.05) is 12.1 Å². The predicted molar refractivity (Wildman–Crippen MR) is 49.1 cm³/mol. The molecule has 1 aromatic carbocycles. The Morgan fingerprint density at radius 2 is 1.46 bits per heavy atom. The normalized spacial score (nSPS) is 9.85. The molecule has 0 atom stereocenters. The van der Waals surface area contributed by atoms with Gasteiger partial charge in [-0.25, -0.2) is 9.97 Å². The highest BCUT2D eigenvalue weighted by atomic mass is 16.3. The van der Waals surface area contributed by atoms with Gasteiger partial charge in [0.2, 0.25) is 0 Å². The molecule has 0 bridgehead atoms. The second-order valence-corrected chi connectivity index (χ2v) is 2.67. The van der Waals surface area contributed by atoms with Crippen molar-refractivity contribution >= 4 is 0 Å². The number of nitrogens with zero attached hydrogens (tertiary/aromatic N) is 2. The molecule has 1 heterocycles. The second-order valence-electron chi connectivity index (χ2n) is 2.67. The maximum atomic E-state index is 9.07. The number of benzene rings is 1. The van der Waals surface area contributed by atoms with E-state index in [9.17, 15) is 0 Å². The Kier molecular flexibility index (Phi) is 1.92. The van der Waals surface area contributed by atoms with Crippen LogP contribution < -0.4 is 0 Å². The lowest BCUT2D eigenvalue weighted by Crippen LogP contribution is -1.80. The molecule has 3 nitrogen and oxygen atoms in total. The zero-order valence-corrected chi connectivity index (χ0v) is 6.88. The minimum absolute atomic E-state index is 0.264. The Morgan fingerprint density at radius 1 is 0.846 bits per heavy atom. The molecule has 0 radical (unpaired) electrons. The van der Waals surface area contributed by atoms with Gasteiger partial charge in [-0.05, 0) is 17.7 Å². The third kappa shape index (κ3) is 1.64. The van der Waals surface area contributed by atoms with E-state index in [0.717, 1.165) is 11.1 Å². The van der Waals surface area contributed by atoms with Crippen molar-refractivity contribution in [1.82, 2.24) is 9.97 Å². The van der Waals surface area contributed by atoms with Gasteiger partial charge in [-0.2, -0.15) is 0 Å². The van der Waals surface area contributed by atoms with E-state index in [4.69, 9.17) is 5.11 Å². The molecule has 0 unspecified atom stereocenters. The summed E-state index contributed by atoms with van der Waals surface area (Å²) < 4.78 is 0. The van der Waals surface area contributed by atoms with Crippen LogP contribution in [0.4, 0.5) is 0 Å². The third-order valence-electron chi connectivity index (χ3n) is 1.76. The first-order valence-electron chi connectivity index (χ1n) is 3.91. The molecule has 0 aliphatic rings. The Balaban J connectivity index is 2.42. The fourth-order valence-corrected chi connectivity index (χ4v) is 1.10. The molecule has 2 aromatic rings. The van der Waals surface area contributed by atoms with Crippen LogP contribution in [0.25, 0.3) is 11.1 Å². The first kappa shape index (κ1) is 7.73. The van der Waals surface area contributed by atoms with E-state index < -0.39 is 0 Å². The van der Waals surface area contributed by atoms with Crippen LogP contribution in [0.5, 0.6) is 5.75 Å². The average Bonchev–Trinajstić information content (AvgIpc) is 2.20. The zero-order chi connectivity index (χ0) is 9.10. The fraction of sp³-hybridized carbons (Fsp3) is 0. The Morgan fingerprint density at radius 3 is 2.08 bits per heavy atom. The summed E-state index contributed by atoms with van der Waals surface area (Å²) in [4.78, 5) is 7.82. The molecule has 0 fully saturated rings. The van der Waals surface area contributed by atoms with Crippen molar-refractivity contribution < 1.29 is 5.11 Å². The lowest BCUT2D eigenvalue weighted by Gasteiger charge is -1.99. The predicted octanol–water partition coefficient (Wildman–Crippen LogP) is 1.85. The van der Waals surface area contributed by atoms with Gasteiger partial charge in [-0.15, -0.1) is 0 Å². The monoisotopic (exact) mass is 172 g/mol. The summed E-state index contributed by atoms with van der Waals surface area (Å²) in [7, 11) is 0. The lowest BCUT2D eigenvalue weighted by molar-refractivity contribution is 0.475. The quantitative estimate of drug-likeness (QED) is 0.714. The Hall–Kier alpha value is -1.90. The minimum Gasteiger partial charge on any atom is -0.508 e. The topological polar surface area (TPSA) is 46.0 Å². The first-order valence-corrected chi connectivity index (χ1v) is 3.91. The van der Waals surface area contributed by atoms with Gasteiger partial charge in [0.25, 0.3) is 0 Å². The second kappa shape index (κ2) is 3.23. The summed E-state index contributed by atoms with van der Waals surface area (Å²) in [6.07, 6.45) is 4.96. The van der Waals surface area contributed by atoms with Crippen LogP contribution in [0.3, 0.4) is 0 Å². The number of rotatable bonds is 1. The van der Waals surface area contributed by atoms with Crippen LogP contribution >= 0.6 is 0 Å². The highest BCUT2D eigenvalue weighted by Gasteiger charge is 1.96. The van der Waals surface area contributed by atoms with Gasteiger partial charge >= 0.3 is 0 Å². The van der Waals surface area contributed by atoms with Crippen molar-refractivity contribution in [3.05, 3.63) is 43.0 Å². The van der Waals surface area contributed by atoms with Gasteiger partial charge in [0.1, 0.15) is 12.1 Å². The molecular formula is C10H8N2O. The molecule has 3 heteroatoms. The van der Waals surface area contributed by atoms with Crippen molar-refractivity contribution in [3.8, 4) is 16.9 Å². The summed E-state index contributed by atoms with van der Waals surface area (Å²) >= 11 is 0. The number of hydrogen-bond donors (Lipinski definition) is 1. The minimum atomic E-state index is 0.264. The van der Waals surface area contributed by atoms with Gasteiger partial charge in [0.15, 0.2) is 0 Å². The summed E-state index contributed by atoms with van der Waals surface area (Å²) in [5.74, 6) is 0.264. The van der Waals surface area contributed by atoms with E-state index >= 15 is 0 Å². The van der Waals surface area contributed by atoms with Crippen LogP contribution in [0.15, 0.2) is 43.0 Å². The van der Waals surface area contributed by atoms with Crippen LogP contribution in [0, 0.1) is 0 Å². The highest BCUT2D eigenvalue weighted by molar-refractivity contribution is 5.61. The molecule has 0 aliphatic heterocycles. The molecule has 0 amide bonds. The van der Waals surface area contributed by atoms with E-state index in [1.54, 1.807) is 24.5 Å². The SMILES string of the molecule is Oc1ccc(-c2cncnc2)cc1. The Labute approximate surface area is 75.7 Å². The number of phenols is 1. The average molecular weight is 172 g/mol. The molecule has 13 heavy (non-hydrogen) atoms. The largest absolute Gasteiger partial charge is 0.508 e. The maximum Gasteiger partial charge on any atom is 0.115 e. The number of aromatic nitrogens is 2. The fourth-order valence-electron chi connectivity index (χ4n) is 1.10. The van der Waals surface area contributed by atoms with Crippen molar-refractivity contribution in [2.75, 3.05) is 0 Å². The number of hydrogen-bond acceptors (Lipinski definition) is 3. The molecule has 0 spiro atoms. The third-order valence-corrected chi connectivity index (χ3v) is 1.76. The van der Waals surface area contributed by atoms with E-state index in [1.165, 1.54) is 6.33 Å². The van der Waals surface area contributed by atoms with Crippen molar-refractivity contribution in [1.29, 1.82) is 0 Å². The van der Waals surface area contributed by atoms with Crippen LogP contribution in [-0.4, -0.2) is 15.1 Å². The van der Waals surface area contributed by atoms with Crippen molar-refractivity contribution in [3.63, 3.8) is 0 Å². The standard InChI is InChI=1S/C10H8N2O/c13-10-3-1-8(2-4-10)9-5-11-7-12-6-9/h1-7,13H. The molecule has 2 rings (SSSR count). The molecule has 0 saturated heterocycles. The van der Waals surface area contributed by atoms with E-state index in [-0.39, 0.29) is 5.75 Å². The van der Waals surface area contributed by atoms with Gasteiger partial charge < -0.3 is 5.11 Å². The lowest BCUT2D eigenvalue weighted by atomic mass is 10.1. The highest BCUT2D eigenvalue weighted by Crippen LogP contribution is 2.19. The first-order chi connectivity index (χ1) is 6.36. The van der Waals surface area contributed by atoms with Gasteiger partial charge in [0.05, 0.1) is 0 Å². The molecular weight excluding hydrogens is 164 g/mol.